The topological polar surface area (TPSA) is 33.1 Å². The first-order valence-corrected chi connectivity index (χ1v) is 9.63. The van der Waals surface area contributed by atoms with Gasteiger partial charge in [-0.05, 0) is 55.6 Å². The van der Waals surface area contributed by atoms with E-state index in [1.807, 2.05) is 53.3 Å². The van der Waals surface area contributed by atoms with Gasteiger partial charge in [-0.25, -0.2) is 9.07 Å². The number of aromatic nitrogens is 2. The average molecular weight is 364 g/mol. The summed E-state index contributed by atoms with van der Waals surface area (Å²) < 4.78 is 16.3. The van der Waals surface area contributed by atoms with Crippen LogP contribution in [-0.4, -0.2) is 29.4 Å². The van der Waals surface area contributed by atoms with Crippen LogP contribution >= 0.6 is 0 Å². The molecule has 3 aromatic rings. The molecule has 0 amide bonds. The minimum Gasteiger partial charge on any atom is -0.371 e. The van der Waals surface area contributed by atoms with E-state index in [1.165, 1.54) is 18.4 Å². The maximum atomic E-state index is 14.4. The standard InChI is InChI=1S/C22H25FN4/c23-21-9-6-10-22(26-13-4-5-14-26)20(21)16-24-12-11-18-15-25-27(17-18)19-7-2-1-3-8-19/h1-3,6-10,15,17,24H,4-5,11-14,16H2. The third kappa shape index (κ3) is 4.19. The van der Waals surface area contributed by atoms with E-state index < -0.39 is 0 Å². The van der Waals surface area contributed by atoms with Crippen LogP contribution in [-0.2, 0) is 13.0 Å². The number of halogens is 1. The second-order valence-corrected chi connectivity index (χ2v) is 6.99. The SMILES string of the molecule is Fc1cccc(N2CCCC2)c1CNCCc1cnn(-c2ccccc2)c1. The summed E-state index contributed by atoms with van der Waals surface area (Å²) in [6.07, 6.45) is 7.19. The highest BCUT2D eigenvalue weighted by molar-refractivity contribution is 5.54. The molecule has 27 heavy (non-hydrogen) atoms. The molecule has 0 unspecified atom stereocenters. The Hall–Kier alpha value is -2.66. The van der Waals surface area contributed by atoms with Crippen molar-refractivity contribution in [1.82, 2.24) is 15.1 Å². The van der Waals surface area contributed by atoms with Gasteiger partial charge in [-0.3, -0.25) is 0 Å². The molecule has 1 N–H and O–H groups in total. The highest BCUT2D eigenvalue weighted by Gasteiger charge is 2.17. The molecule has 5 heteroatoms. The molecule has 0 aliphatic carbocycles. The molecular weight excluding hydrogens is 339 g/mol. The van der Waals surface area contributed by atoms with Gasteiger partial charge < -0.3 is 10.2 Å². The average Bonchev–Trinajstić information content (AvgIpc) is 3.39. The molecule has 4 rings (SSSR count). The van der Waals surface area contributed by atoms with Gasteiger partial charge in [0.25, 0.3) is 0 Å². The summed E-state index contributed by atoms with van der Waals surface area (Å²) in [5.74, 6) is -0.121. The van der Waals surface area contributed by atoms with Crippen molar-refractivity contribution in [3.8, 4) is 5.69 Å². The number of benzene rings is 2. The number of hydrogen-bond donors (Lipinski definition) is 1. The molecule has 0 bridgehead atoms. The molecule has 1 saturated heterocycles. The summed E-state index contributed by atoms with van der Waals surface area (Å²) in [4.78, 5) is 2.30. The molecule has 140 valence electrons. The molecule has 0 spiro atoms. The first-order valence-electron chi connectivity index (χ1n) is 9.63. The van der Waals surface area contributed by atoms with E-state index in [0.717, 1.165) is 43.0 Å². The number of nitrogens with one attached hydrogen (secondary N) is 1. The van der Waals surface area contributed by atoms with Crippen molar-refractivity contribution in [2.24, 2.45) is 0 Å². The number of rotatable bonds is 7. The summed E-state index contributed by atoms with van der Waals surface area (Å²) in [7, 11) is 0. The zero-order valence-electron chi connectivity index (χ0n) is 15.4. The third-order valence-corrected chi connectivity index (χ3v) is 5.09. The van der Waals surface area contributed by atoms with Crippen molar-refractivity contribution in [2.75, 3.05) is 24.5 Å². The van der Waals surface area contributed by atoms with E-state index in [9.17, 15) is 4.39 Å². The molecule has 0 atom stereocenters. The first kappa shape index (κ1) is 17.7. The monoisotopic (exact) mass is 364 g/mol. The Bertz CT molecular complexity index is 869. The Labute approximate surface area is 159 Å². The smallest absolute Gasteiger partial charge is 0.129 e. The van der Waals surface area contributed by atoms with Crippen molar-refractivity contribution in [1.29, 1.82) is 0 Å². The maximum absolute atomic E-state index is 14.4. The van der Waals surface area contributed by atoms with E-state index in [2.05, 4.69) is 21.5 Å². The van der Waals surface area contributed by atoms with Crippen LogP contribution in [0.3, 0.4) is 0 Å². The fourth-order valence-electron chi connectivity index (χ4n) is 3.63. The summed E-state index contributed by atoms with van der Waals surface area (Å²) in [6, 6.07) is 15.5. The van der Waals surface area contributed by atoms with Crippen molar-refractivity contribution >= 4 is 5.69 Å². The van der Waals surface area contributed by atoms with Gasteiger partial charge >= 0.3 is 0 Å². The molecule has 1 fully saturated rings. The second kappa shape index (κ2) is 8.35. The van der Waals surface area contributed by atoms with E-state index >= 15 is 0 Å². The van der Waals surface area contributed by atoms with Gasteiger partial charge in [-0.1, -0.05) is 24.3 Å². The highest BCUT2D eigenvalue weighted by atomic mass is 19.1. The van der Waals surface area contributed by atoms with Gasteiger partial charge in [-0.15, -0.1) is 0 Å². The van der Waals surface area contributed by atoms with Crippen molar-refractivity contribution in [3.63, 3.8) is 0 Å². The van der Waals surface area contributed by atoms with Gasteiger partial charge in [-0.2, -0.15) is 5.10 Å². The van der Waals surface area contributed by atoms with Gasteiger partial charge in [0, 0.05) is 37.1 Å². The molecule has 2 aromatic carbocycles. The summed E-state index contributed by atoms with van der Waals surface area (Å²) in [5, 5.41) is 7.83. The van der Waals surface area contributed by atoms with Crippen LogP contribution in [0.1, 0.15) is 24.0 Å². The van der Waals surface area contributed by atoms with Gasteiger partial charge in [0.15, 0.2) is 0 Å². The lowest BCUT2D eigenvalue weighted by atomic mass is 10.1. The summed E-state index contributed by atoms with van der Waals surface area (Å²) >= 11 is 0. The Morgan fingerprint density at radius 3 is 2.63 bits per heavy atom. The Kier molecular flexibility index (Phi) is 5.49. The summed E-state index contributed by atoms with van der Waals surface area (Å²) in [5.41, 5.74) is 4.04. The summed E-state index contributed by atoms with van der Waals surface area (Å²) in [6.45, 7) is 3.38. The van der Waals surface area contributed by atoms with Gasteiger partial charge in [0.05, 0.1) is 11.9 Å². The van der Waals surface area contributed by atoms with Crippen molar-refractivity contribution < 1.29 is 4.39 Å². The predicted octanol–water partition coefficient (Wildman–Crippen LogP) is 3.94. The lowest BCUT2D eigenvalue weighted by Gasteiger charge is -2.22. The minimum atomic E-state index is -0.121. The number of anilines is 1. The quantitative estimate of drug-likeness (QED) is 0.645. The van der Waals surface area contributed by atoms with Crippen LogP contribution in [0.4, 0.5) is 10.1 Å². The molecule has 1 aliphatic heterocycles. The number of para-hydroxylation sites is 1. The Morgan fingerprint density at radius 1 is 1.00 bits per heavy atom. The zero-order valence-corrected chi connectivity index (χ0v) is 15.4. The molecule has 1 aromatic heterocycles. The van der Waals surface area contributed by atoms with Crippen LogP contribution in [0.5, 0.6) is 0 Å². The fraction of sp³-hybridized carbons (Fsp3) is 0.318. The zero-order chi connectivity index (χ0) is 18.5. The molecule has 0 saturated carbocycles. The Morgan fingerprint density at radius 2 is 1.81 bits per heavy atom. The van der Waals surface area contributed by atoms with E-state index in [1.54, 1.807) is 6.07 Å². The largest absolute Gasteiger partial charge is 0.371 e. The molecule has 0 radical (unpaired) electrons. The third-order valence-electron chi connectivity index (χ3n) is 5.09. The number of nitrogens with zero attached hydrogens (tertiary/aromatic N) is 3. The molecule has 4 nitrogen and oxygen atoms in total. The van der Waals surface area contributed by atoms with E-state index in [4.69, 9.17) is 0 Å². The highest BCUT2D eigenvalue weighted by Crippen LogP contribution is 2.26. The second-order valence-electron chi connectivity index (χ2n) is 6.99. The number of hydrogen-bond acceptors (Lipinski definition) is 3. The van der Waals surface area contributed by atoms with Gasteiger partial charge in [0.2, 0.25) is 0 Å². The van der Waals surface area contributed by atoms with Crippen LogP contribution in [0.25, 0.3) is 5.69 Å². The predicted molar refractivity (Wildman–Crippen MR) is 107 cm³/mol. The van der Waals surface area contributed by atoms with Crippen molar-refractivity contribution in [3.05, 3.63) is 77.9 Å². The van der Waals surface area contributed by atoms with Crippen LogP contribution in [0.2, 0.25) is 0 Å². The fourth-order valence-corrected chi connectivity index (χ4v) is 3.63. The van der Waals surface area contributed by atoms with Gasteiger partial charge in [0.1, 0.15) is 5.82 Å². The lowest BCUT2D eigenvalue weighted by Crippen LogP contribution is -2.23. The van der Waals surface area contributed by atoms with Crippen LogP contribution in [0, 0.1) is 5.82 Å². The normalized spacial score (nSPS) is 14.0. The molecular formula is C22H25FN4. The van der Waals surface area contributed by atoms with E-state index in [0.29, 0.717) is 6.54 Å². The Balaban J connectivity index is 1.34. The minimum absolute atomic E-state index is 0.121. The van der Waals surface area contributed by atoms with E-state index in [-0.39, 0.29) is 5.82 Å². The first-order chi connectivity index (χ1) is 13.3. The van der Waals surface area contributed by atoms with Crippen LogP contribution in [0.15, 0.2) is 60.9 Å². The maximum Gasteiger partial charge on any atom is 0.129 e. The molecule has 1 aliphatic rings. The van der Waals surface area contributed by atoms with Crippen LogP contribution < -0.4 is 10.2 Å². The lowest BCUT2D eigenvalue weighted by molar-refractivity contribution is 0.587. The molecule has 2 heterocycles. The van der Waals surface area contributed by atoms with Crippen molar-refractivity contribution in [2.45, 2.75) is 25.8 Å².